The average Bonchev–Trinajstić information content (AvgIpc) is 2.70. The maximum atomic E-state index is 11.6. The first-order valence-corrected chi connectivity index (χ1v) is 6.06. The summed E-state index contributed by atoms with van der Waals surface area (Å²) in [4.78, 5) is 23.9. The summed E-state index contributed by atoms with van der Waals surface area (Å²) < 4.78 is 0. The number of hydrogen-bond acceptors (Lipinski definition) is 2. The molecule has 1 N–H and O–H groups in total. The largest absolute Gasteiger partial charge is 0.474 e. The van der Waals surface area contributed by atoms with Crippen LogP contribution in [-0.4, -0.2) is 34.5 Å². The zero-order chi connectivity index (χ0) is 12.1. The minimum absolute atomic E-state index is 0.155. The van der Waals surface area contributed by atoms with Gasteiger partial charge in [0, 0.05) is 12.6 Å². The van der Waals surface area contributed by atoms with E-state index < -0.39 is 11.9 Å². The summed E-state index contributed by atoms with van der Waals surface area (Å²) in [5.41, 5.74) is 0. The Hall–Kier alpha value is -1.06. The molecule has 0 spiro atoms. The number of amides is 1. The molecule has 0 aromatic rings. The minimum Gasteiger partial charge on any atom is -0.474 e. The molecule has 0 heterocycles. The predicted molar refractivity (Wildman–Crippen MR) is 61.1 cm³/mol. The van der Waals surface area contributed by atoms with Gasteiger partial charge >= 0.3 is 11.9 Å². The molecule has 1 rings (SSSR count). The molecule has 1 amide bonds. The first-order valence-electron chi connectivity index (χ1n) is 6.06. The Morgan fingerprint density at radius 3 is 2.31 bits per heavy atom. The fraction of sp³-hybridized carbons (Fsp3) is 0.833. The number of aliphatic carboxylic acids is 1. The van der Waals surface area contributed by atoms with Crippen molar-refractivity contribution in [2.45, 2.75) is 52.0 Å². The molecule has 16 heavy (non-hydrogen) atoms. The molecule has 92 valence electrons. The fourth-order valence-corrected chi connectivity index (χ4v) is 2.19. The summed E-state index contributed by atoms with van der Waals surface area (Å²) in [6.45, 7) is 4.74. The monoisotopic (exact) mass is 227 g/mol. The highest BCUT2D eigenvalue weighted by Crippen LogP contribution is 2.24. The van der Waals surface area contributed by atoms with Gasteiger partial charge in [0.2, 0.25) is 0 Å². The van der Waals surface area contributed by atoms with Crippen molar-refractivity contribution in [1.29, 1.82) is 0 Å². The maximum Gasteiger partial charge on any atom is 0.394 e. The molecule has 1 saturated carbocycles. The number of carboxylic acid groups (broad SMARTS) is 1. The van der Waals surface area contributed by atoms with Gasteiger partial charge in [0.25, 0.3) is 0 Å². The van der Waals surface area contributed by atoms with Gasteiger partial charge in [0.15, 0.2) is 0 Å². The van der Waals surface area contributed by atoms with E-state index in [9.17, 15) is 9.59 Å². The van der Waals surface area contributed by atoms with E-state index in [-0.39, 0.29) is 6.04 Å². The zero-order valence-electron chi connectivity index (χ0n) is 10.1. The van der Waals surface area contributed by atoms with Gasteiger partial charge in [-0.05, 0) is 25.2 Å². The van der Waals surface area contributed by atoms with E-state index in [4.69, 9.17) is 5.11 Å². The van der Waals surface area contributed by atoms with Crippen LogP contribution in [0.25, 0.3) is 0 Å². The molecule has 0 radical (unpaired) electrons. The molecule has 0 aliphatic heterocycles. The van der Waals surface area contributed by atoms with Crippen molar-refractivity contribution < 1.29 is 14.7 Å². The van der Waals surface area contributed by atoms with Crippen LogP contribution in [0.5, 0.6) is 0 Å². The van der Waals surface area contributed by atoms with Gasteiger partial charge < -0.3 is 10.0 Å². The number of carbonyl (C=O) groups excluding carboxylic acids is 1. The average molecular weight is 227 g/mol. The second kappa shape index (κ2) is 5.87. The fourth-order valence-electron chi connectivity index (χ4n) is 2.19. The Bertz CT molecular complexity index is 257. The number of carbonyl (C=O) groups is 2. The number of hydrogen-bond donors (Lipinski definition) is 1. The van der Waals surface area contributed by atoms with Crippen molar-refractivity contribution in [3.05, 3.63) is 0 Å². The SMILES string of the molecule is CC(C)CCN(C(=O)C(=O)O)C1CCCC1. The molecule has 0 atom stereocenters. The molecule has 0 saturated heterocycles. The van der Waals surface area contributed by atoms with E-state index in [0.717, 1.165) is 32.1 Å². The third-order valence-electron chi connectivity index (χ3n) is 3.16. The van der Waals surface area contributed by atoms with E-state index in [2.05, 4.69) is 13.8 Å². The highest BCUT2D eigenvalue weighted by molar-refractivity contribution is 6.31. The lowest BCUT2D eigenvalue weighted by Crippen LogP contribution is -2.43. The van der Waals surface area contributed by atoms with Crippen LogP contribution in [0.15, 0.2) is 0 Å². The molecule has 0 aromatic heterocycles. The van der Waals surface area contributed by atoms with Crippen LogP contribution < -0.4 is 0 Å². The van der Waals surface area contributed by atoms with Crippen molar-refractivity contribution in [2.75, 3.05) is 6.54 Å². The maximum absolute atomic E-state index is 11.6. The first kappa shape index (κ1) is 13.0. The summed E-state index contributed by atoms with van der Waals surface area (Å²) in [5.74, 6) is -1.56. The highest BCUT2D eigenvalue weighted by Gasteiger charge is 2.29. The zero-order valence-corrected chi connectivity index (χ0v) is 10.1. The van der Waals surface area contributed by atoms with E-state index in [1.54, 1.807) is 4.90 Å². The molecule has 1 aliphatic rings. The number of carboxylic acids is 1. The van der Waals surface area contributed by atoms with E-state index >= 15 is 0 Å². The van der Waals surface area contributed by atoms with Gasteiger partial charge in [-0.25, -0.2) is 4.79 Å². The van der Waals surface area contributed by atoms with Crippen molar-refractivity contribution in [3.8, 4) is 0 Å². The number of nitrogens with zero attached hydrogens (tertiary/aromatic N) is 1. The van der Waals surface area contributed by atoms with Gasteiger partial charge in [-0.2, -0.15) is 0 Å². The Balaban J connectivity index is 2.60. The molecule has 0 aromatic carbocycles. The quantitative estimate of drug-likeness (QED) is 0.746. The standard InChI is InChI=1S/C12H21NO3/c1-9(2)7-8-13(11(14)12(15)16)10-5-3-4-6-10/h9-10H,3-8H2,1-2H3,(H,15,16). The second-order valence-electron chi connectivity index (χ2n) is 4.92. The van der Waals surface area contributed by atoms with Crippen LogP contribution in [0.2, 0.25) is 0 Å². The molecule has 1 aliphatic carbocycles. The highest BCUT2D eigenvalue weighted by atomic mass is 16.4. The van der Waals surface area contributed by atoms with Gasteiger partial charge in [-0.1, -0.05) is 26.7 Å². The third-order valence-corrected chi connectivity index (χ3v) is 3.16. The van der Waals surface area contributed by atoms with Crippen LogP contribution in [-0.2, 0) is 9.59 Å². The molecule has 1 fully saturated rings. The van der Waals surface area contributed by atoms with Crippen LogP contribution in [0.4, 0.5) is 0 Å². The summed E-state index contributed by atoms with van der Waals surface area (Å²) in [6.07, 6.45) is 5.00. The lowest BCUT2D eigenvalue weighted by molar-refractivity contribution is -0.157. The Morgan fingerprint density at radius 1 is 1.31 bits per heavy atom. The van der Waals surface area contributed by atoms with Crippen LogP contribution in [0.3, 0.4) is 0 Å². The number of rotatable bonds is 4. The van der Waals surface area contributed by atoms with E-state index in [1.165, 1.54) is 0 Å². The summed E-state index contributed by atoms with van der Waals surface area (Å²) in [6, 6.07) is 0.155. The summed E-state index contributed by atoms with van der Waals surface area (Å²) in [7, 11) is 0. The van der Waals surface area contributed by atoms with Gasteiger partial charge in [-0.15, -0.1) is 0 Å². The second-order valence-corrected chi connectivity index (χ2v) is 4.92. The lowest BCUT2D eigenvalue weighted by atomic mass is 10.1. The lowest BCUT2D eigenvalue weighted by Gasteiger charge is -2.28. The van der Waals surface area contributed by atoms with Crippen LogP contribution in [0.1, 0.15) is 46.0 Å². The molecule has 0 bridgehead atoms. The third kappa shape index (κ3) is 3.51. The molecular formula is C12H21NO3. The van der Waals surface area contributed by atoms with Gasteiger partial charge in [0.05, 0.1) is 0 Å². The molecule has 0 unspecified atom stereocenters. The van der Waals surface area contributed by atoms with E-state index in [0.29, 0.717) is 12.5 Å². The first-order chi connectivity index (χ1) is 7.52. The molecular weight excluding hydrogens is 206 g/mol. The van der Waals surface area contributed by atoms with Crippen LogP contribution in [0, 0.1) is 5.92 Å². The Morgan fingerprint density at radius 2 is 1.88 bits per heavy atom. The molecule has 4 heteroatoms. The Labute approximate surface area is 96.6 Å². The molecule has 4 nitrogen and oxygen atoms in total. The van der Waals surface area contributed by atoms with Crippen molar-refractivity contribution >= 4 is 11.9 Å². The smallest absolute Gasteiger partial charge is 0.394 e. The normalized spacial score (nSPS) is 16.7. The summed E-state index contributed by atoms with van der Waals surface area (Å²) >= 11 is 0. The van der Waals surface area contributed by atoms with Gasteiger partial charge in [0.1, 0.15) is 0 Å². The predicted octanol–water partition coefficient (Wildman–Crippen LogP) is 1.89. The van der Waals surface area contributed by atoms with Crippen molar-refractivity contribution in [3.63, 3.8) is 0 Å². The van der Waals surface area contributed by atoms with Gasteiger partial charge in [-0.3, -0.25) is 4.79 Å². The van der Waals surface area contributed by atoms with E-state index in [1.807, 2.05) is 0 Å². The van der Waals surface area contributed by atoms with Crippen molar-refractivity contribution in [1.82, 2.24) is 4.90 Å². The van der Waals surface area contributed by atoms with Crippen LogP contribution >= 0.6 is 0 Å². The minimum atomic E-state index is -1.32. The van der Waals surface area contributed by atoms with Crippen molar-refractivity contribution in [2.24, 2.45) is 5.92 Å². The summed E-state index contributed by atoms with van der Waals surface area (Å²) in [5, 5.41) is 8.79. The Kier molecular flexibility index (Phi) is 4.77. The topological polar surface area (TPSA) is 57.6 Å².